The molecule has 0 radical (unpaired) electrons. The summed E-state index contributed by atoms with van der Waals surface area (Å²) in [5.74, 6) is -2.33. The molecule has 0 saturated heterocycles. The first-order valence-electron chi connectivity index (χ1n) is 7.58. The van der Waals surface area contributed by atoms with Crippen LogP contribution in [0.4, 0.5) is 13.2 Å². The molecule has 2 aromatic rings. The van der Waals surface area contributed by atoms with E-state index in [1.807, 2.05) is 0 Å². The fourth-order valence-corrected chi connectivity index (χ4v) is 2.45. The molecule has 0 heterocycles. The first-order valence-corrected chi connectivity index (χ1v) is 7.96. The smallest absolute Gasteiger partial charge is 0.226 e. The van der Waals surface area contributed by atoms with Crippen LogP contribution in [0.25, 0.3) is 0 Å². The van der Waals surface area contributed by atoms with Crippen molar-refractivity contribution in [1.82, 2.24) is 4.90 Å². The van der Waals surface area contributed by atoms with Gasteiger partial charge in [-0.3, -0.25) is 4.79 Å². The third kappa shape index (κ3) is 4.89. The Bertz CT molecular complexity index is 770. The minimum atomic E-state index is -0.959. The molecule has 0 aliphatic carbocycles. The summed E-state index contributed by atoms with van der Waals surface area (Å²) >= 11 is 5.84. The van der Waals surface area contributed by atoms with Crippen LogP contribution in [-0.4, -0.2) is 24.5 Å². The van der Waals surface area contributed by atoms with Crippen LogP contribution >= 0.6 is 11.6 Å². The van der Waals surface area contributed by atoms with Gasteiger partial charge in [-0.05, 0) is 42.8 Å². The topological polar surface area (TPSA) is 29.5 Å². The number of carbonyl (C=O) groups is 1. The lowest BCUT2D eigenvalue weighted by molar-refractivity contribution is -0.132. The Morgan fingerprint density at radius 2 is 1.88 bits per heavy atom. The van der Waals surface area contributed by atoms with Crippen molar-refractivity contribution in [3.05, 3.63) is 64.4 Å². The zero-order chi connectivity index (χ0) is 18.6. The van der Waals surface area contributed by atoms with Crippen LogP contribution in [-0.2, 0) is 4.79 Å². The van der Waals surface area contributed by atoms with Gasteiger partial charge >= 0.3 is 0 Å². The number of hydrogen-bond donors (Lipinski definition) is 0. The molecule has 0 saturated carbocycles. The zero-order valence-corrected chi connectivity index (χ0v) is 14.5. The number of carbonyl (C=O) groups excluding carboxylic acids is 1. The molecule has 2 aromatic carbocycles. The third-order valence-electron chi connectivity index (χ3n) is 3.87. The molecule has 0 aliphatic heterocycles. The lowest BCUT2D eigenvalue weighted by Crippen LogP contribution is -2.30. The number of halogens is 4. The number of benzene rings is 2. The molecule has 0 spiro atoms. The largest absolute Gasteiger partial charge is 0.491 e. The second-order valence-electron chi connectivity index (χ2n) is 5.53. The maximum absolute atomic E-state index is 13.3. The third-order valence-corrected chi connectivity index (χ3v) is 4.16. The Balaban J connectivity index is 1.92. The van der Waals surface area contributed by atoms with Gasteiger partial charge in [0.2, 0.25) is 5.91 Å². The molecule has 25 heavy (non-hydrogen) atoms. The van der Waals surface area contributed by atoms with E-state index >= 15 is 0 Å². The summed E-state index contributed by atoms with van der Waals surface area (Å²) in [4.78, 5) is 13.6. The summed E-state index contributed by atoms with van der Waals surface area (Å²) in [5.41, 5.74) is 0.484. The van der Waals surface area contributed by atoms with Gasteiger partial charge in [0.25, 0.3) is 0 Å². The minimum Gasteiger partial charge on any atom is -0.491 e. The highest BCUT2D eigenvalue weighted by Crippen LogP contribution is 2.25. The van der Waals surface area contributed by atoms with Gasteiger partial charge in [-0.2, -0.15) is 0 Å². The van der Waals surface area contributed by atoms with E-state index in [9.17, 15) is 18.0 Å². The van der Waals surface area contributed by atoms with Crippen molar-refractivity contribution in [3.63, 3.8) is 0 Å². The van der Waals surface area contributed by atoms with Gasteiger partial charge in [-0.15, -0.1) is 0 Å². The molecule has 134 valence electrons. The predicted molar refractivity (Wildman–Crippen MR) is 89.1 cm³/mol. The molecule has 2 rings (SSSR count). The van der Waals surface area contributed by atoms with Gasteiger partial charge in [-0.1, -0.05) is 17.7 Å². The number of nitrogens with zero attached hydrogens (tertiary/aromatic N) is 1. The Morgan fingerprint density at radius 3 is 2.52 bits per heavy atom. The van der Waals surface area contributed by atoms with Crippen molar-refractivity contribution in [2.45, 2.75) is 19.4 Å². The molecule has 0 aromatic heterocycles. The van der Waals surface area contributed by atoms with Crippen LogP contribution in [0.2, 0.25) is 5.02 Å². The minimum absolute atomic E-state index is 0.0538. The van der Waals surface area contributed by atoms with E-state index < -0.39 is 23.5 Å². The molecular weight excluding hydrogens is 355 g/mol. The molecule has 0 N–H and O–H groups in total. The van der Waals surface area contributed by atoms with Gasteiger partial charge in [0.05, 0.1) is 24.1 Å². The molecule has 7 heteroatoms. The Hall–Kier alpha value is -2.21. The van der Waals surface area contributed by atoms with Crippen molar-refractivity contribution in [2.24, 2.45) is 0 Å². The van der Waals surface area contributed by atoms with E-state index in [-0.39, 0.29) is 29.7 Å². The highest BCUT2D eigenvalue weighted by molar-refractivity contribution is 6.32. The van der Waals surface area contributed by atoms with E-state index in [0.29, 0.717) is 5.56 Å². The van der Waals surface area contributed by atoms with Crippen molar-refractivity contribution in [1.29, 1.82) is 0 Å². The quantitative estimate of drug-likeness (QED) is 0.733. The molecule has 1 unspecified atom stereocenters. The van der Waals surface area contributed by atoms with E-state index in [4.69, 9.17) is 16.3 Å². The average molecular weight is 372 g/mol. The van der Waals surface area contributed by atoms with Crippen LogP contribution in [0.3, 0.4) is 0 Å². The Labute approximate surface area is 149 Å². The standard InChI is InChI=1S/C18H17ClF3NO2/c1-11(12-3-5-15(21)16(22)9-12)23(2)18(24)7-8-25-17-6-4-13(20)10-14(17)19/h3-6,9-11H,7-8H2,1-2H3. The molecular formula is C18H17ClF3NO2. The SMILES string of the molecule is CC(c1ccc(F)c(F)c1)N(C)C(=O)CCOc1ccc(F)cc1Cl. The summed E-state index contributed by atoms with van der Waals surface area (Å²) in [5, 5.41) is 0.121. The van der Waals surface area contributed by atoms with Gasteiger partial charge in [0.15, 0.2) is 11.6 Å². The second kappa shape index (κ2) is 8.25. The normalized spacial score (nSPS) is 11.9. The predicted octanol–water partition coefficient (Wildman–Crippen LogP) is 4.75. The summed E-state index contributed by atoms with van der Waals surface area (Å²) in [6.45, 7) is 1.77. The van der Waals surface area contributed by atoms with Gasteiger partial charge in [0, 0.05) is 7.05 Å². The zero-order valence-electron chi connectivity index (χ0n) is 13.7. The molecule has 0 aliphatic rings. The van der Waals surface area contributed by atoms with Crippen LogP contribution < -0.4 is 4.74 Å². The van der Waals surface area contributed by atoms with Gasteiger partial charge in [0.1, 0.15) is 11.6 Å². The first-order chi connectivity index (χ1) is 11.8. The van der Waals surface area contributed by atoms with Crippen molar-refractivity contribution < 1.29 is 22.7 Å². The fourth-order valence-electron chi connectivity index (χ4n) is 2.23. The molecule has 1 amide bonds. The summed E-state index contributed by atoms with van der Waals surface area (Å²) in [6.07, 6.45) is 0.0538. The first kappa shape index (κ1) is 19.1. The average Bonchev–Trinajstić information content (AvgIpc) is 2.57. The van der Waals surface area contributed by atoms with Crippen LogP contribution in [0.5, 0.6) is 5.75 Å². The van der Waals surface area contributed by atoms with Crippen molar-refractivity contribution in [3.8, 4) is 5.75 Å². The van der Waals surface area contributed by atoms with E-state index in [0.717, 1.165) is 18.2 Å². The van der Waals surface area contributed by atoms with Crippen molar-refractivity contribution >= 4 is 17.5 Å². The van der Waals surface area contributed by atoms with Crippen LogP contribution in [0.1, 0.15) is 24.9 Å². The Morgan fingerprint density at radius 1 is 1.16 bits per heavy atom. The van der Waals surface area contributed by atoms with E-state index in [1.54, 1.807) is 14.0 Å². The van der Waals surface area contributed by atoms with E-state index in [1.165, 1.54) is 23.1 Å². The van der Waals surface area contributed by atoms with Crippen LogP contribution in [0.15, 0.2) is 36.4 Å². The number of hydrogen-bond acceptors (Lipinski definition) is 2. The number of ether oxygens (including phenoxy) is 1. The van der Waals surface area contributed by atoms with Crippen molar-refractivity contribution in [2.75, 3.05) is 13.7 Å². The summed E-state index contributed by atoms with van der Waals surface area (Å²) < 4.78 is 44.7. The molecule has 0 bridgehead atoms. The highest BCUT2D eigenvalue weighted by Gasteiger charge is 2.18. The Kier molecular flexibility index (Phi) is 6.31. The van der Waals surface area contributed by atoms with Gasteiger partial charge < -0.3 is 9.64 Å². The lowest BCUT2D eigenvalue weighted by atomic mass is 10.1. The van der Waals surface area contributed by atoms with Gasteiger partial charge in [-0.25, -0.2) is 13.2 Å². The maximum Gasteiger partial charge on any atom is 0.226 e. The summed E-state index contributed by atoms with van der Waals surface area (Å²) in [7, 11) is 1.57. The fraction of sp³-hybridized carbons (Fsp3) is 0.278. The lowest BCUT2D eigenvalue weighted by Gasteiger charge is -2.25. The summed E-state index contributed by atoms with van der Waals surface area (Å²) in [6, 6.07) is 6.81. The second-order valence-corrected chi connectivity index (χ2v) is 5.93. The molecule has 0 fully saturated rings. The number of amides is 1. The monoisotopic (exact) mass is 371 g/mol. The van der Waals surface area contributed by atoms with E-state index in [2.05, 4.69) is 0 Å². The van der Waals surface area contributed by atoms with Crippen LogP contribution in [0, 0.1) is 17.5 Å². The number of rotatable bonds is 6. The molecule has 1 atom stereocenters. The highest BCUT2D eigenvalue weighted by atomic mass is 35.5. The maximum atomic E-state index is 13.3. The molecule has 3 nitrogen and oxygen atoms in total.